The molecule has 1 heterocycles. The zero-order chi connectivity index (χ0) is 14.0. The summed E-state index contributed by atoms with van der Waals surface area (Å²) in [6.07, 6.45) is 2.02. The molecule has 104 valence electrons. The highest BCUT2D eigenvalue weighted by molar-refractivity contribution is 6.33. The van der Waals surface area contributed by atoms with Gasteiger partial charge >= 0.3 is 5.69 Å². The van der Waals surface area contributed by atoms with Crippen LogP contribution in [0.15, 0.2) is 18.2 Å². The fourth-order valence-electron chi connectivity index (χ4n) is 2.55. The number of likely N-dealkylation sites (tertiary alicyclic amines) is 1. The number of hydrogen-bond donors (Lipinski definition) is 0. The molecule has 19 heavy (non-hydrogen) atoms. The van der Waals surface area contributed by atoms with Crippen molar-refractivity contribution in [3.8, 4) is 0 Å². The highest BCUT2D eigenvalue weighted by atomic mass is 35.5. The molecule has 0 radical (unpaired) electrons. The summed E-state index contributed by atoms with van der Waals surface area (Å²) in [5.74, 6) is 0. The van der Waals surface area contributed by atoms with E-state index in [0.29, 0.717) is 11.7 Å². The second-order valence-corrected chi connectivity index (χ2v) is 5.42. The van der Waals surface area contributed by atoms with Crippen molar-refractivity contribution >= 4 is 23.0 Å². The average Bonchev–Trinajstić information content (AvgIpc) is 2.38. The van der Waals surface area contributed by atoms with E-state index in [9.17, 15) is 10.1 Å². The number of rotatable bonds is 3. The summed E-state index contributed by atoms with van der Waals surface area (Å²) in [5.41, 5.74) is 0.609. The van der Waals surface area contributed by atoms with E-state index in [1.807, 2.05) is 11.9 Å². The van der Waals surface area contributed by atoms with Crippen LogP contribution in [0.4, 0.5) is 11.4 Å². The Hall–Kier alpha value is -1.33. The molecule has 1 saturated heterocycles. The summed E-state index contributed by atoms with van der Waals surface area (Å²) < 4.78 is 0. The number of benzene rings is 1. The van der Waals surface area contributed by atoms with Crippen LogP contribution in [0.5, 0.6) is 0 Å². The molecule has 0 unspecified atom stereocenters. The van der Waals surface area contributed by atoms with Crippen molar-refractivity contribution in [2.24, 2.45) is 0 Å². The van der Waals surface area contributed by atoms with Gasteiger partial charge in [-0.1, -0.05) is 17.7 Å². The predicted molar refractivity (Wildman–Crippen MR) is 77.0 cm³/mol. The summed E-state index contributed by atoms with van der Waals surface area (Å²) in [5, 5.41) is 11.4. The van der Waals surface area contributed by atoms with Crippen LogP contribution >= 0.6 is 11.6 Å². The lowest BCUT2D eigenvalue weighted by molar-refractivity contribution is -0.384. The van der Waals surface area contributed by atoms with Crippen molar-refractivity contribution in [1.82, 2.24) is 4.90 Å². The van der Waals surface area contributed by atoms with Gasteiger partial charge in [0.2, 0.25) is 0 Å². The van der Waals surface area contributed by atoms with Gasteiger partial charge in [-0.05, 0) is 45.1 Å². The average molecular weight is 284 g/mol. The third-order valence-electron chi connectivity index (χ3n) is 3.76. The van der Waals surface area contributed by atoms with E-state index in [0.717, 1.165) is 25.9 Å². The fourth-order valence-corrected chi connectivity index (χ4v) is 2.79. The van der Waals surface area contributed by atoms with Crippen LogP contribution in [0.1, 0.15) is 12.8 Å². The standard InChI is InChI=1S/C13H18ClN3O2/c1-15-8-6-10(7-9-15)16(2)12-5-3-4-11(14)13(12)17(18)19/h3-5,10H,6-9H2,1-2H3. The van der Waals surface area contributed by atoms with Crippen molar-refractivity contribution < 1.29 is 4.92 Å². The SMILES string of the molecule is CN1CCC(N(C)c2cccc(Cl)c2[N+](=O)[O-])CC1. The number of halogens is 1. The smallest absolute Gasteiger partial charge is 0.310 e. The van der Waals surface area contributed by atoms with Crippen molar-refractivity contribution in [3.05, 3.63) is 33.3 Å². The quantitative estimate of drug-likeness (QED) is 0.632. The van der Waals surface area contributed by atoms with E-state index in [2.05, 4.69) is 11.9 Å². The number of nitro groups is 1. The maximum absolute atomic E-state index is 11.2. The van der Waals surface area contributed by atoms with Crippen LogP contribution in [0, 0.1) is 10.1 Å². The van der Waals surface area contributed by atoms with Crippen LogP contribution in [-0.2, 0) is 0 Å². The van der Waals surface area contributed by atoms with Crippen LogP contribution in [0.2, 0.25) is 5.02 Å². The third-order valence-corrected chi connectivity index (χ3v) is 4.07. The fraction of sp³-hybridized carbons (Fsp3) is 0.538. The highest BCUT2D eigenvalue weighted by Gasteiger charge is 2.27. The number of nitro benzene ring substituents is 1. The van der Waals surface area contributed by atoms with E-state index in [-0.39, 0.29) is 10.7 Å². The van der Waals surface area contributed by atoms with Gasteiger partial charge in [0.1, 0.15) is 10.7 Å². The molecule has 0 aromatic heterocycles. The lowest BCUT2D eigenvalue weighted by Gasteiger charge is -2.36. The number of para-hydroxylation sites is 1. The molecule has 2 rings (SSSR count). The number of anilines is 1. The molecule has 5 nitrogen and oxygen atoms in total. The maximum atomic E-state index is 11.2. The van der Waals surface area contributed by atoms with E-state index in [4.69, 9.17) is 11.6 Å². The van der Waals surface area contributed by atoms with Crippen LogP contribution in [0.3, 0.4) is 0 Å². The summed E-state index contributed by atoms with van der Waals surface area (Å²) >= 11 is 5.95. The van der Waals surface area contributed by atoms with Gasteiger partial charge in [-0.15, -0.1) is 0 Å². The summed E-state index contributed by atoms with van der Waals surface area (Å²) in [4.78, 5) is 15.0. The zero-order valence-corrected chi connectivity index (χ0v) is 11.9. The predicted octanol–water partition coefficient (Wildman–Crippen LogP) is 2.78. The maximum Gasteiger partial charge on any atom is 0.310 e. The van der Waals surface area contributed by atoms with Crippen molar-refractivity contribution in [1.29, 1.82) is 0 Å². The Kier molecular flexibility index (Phi) is 4.27. The molecule has 0 bridgehead atoms. The largest absolute Gasteiger partial charge is 0.366 e. The van der Waals surface area contributed by atoms with Gasteiger partial charge in [-0.3, -0.25) is 10.1 Å². The Morgan fingerprint density at radius 3 is 2.63 bits per heavy atom. The lowest BCUT2D eigenvalue weighted by atomic mass is 10.0. The Labute approximate surface area is 117 Å². The molecular weight excluding hydrogens is 266 g/mol. The molecule has 1 aromatic rings. The van der Waals surface area contributed by atoms with Crippen LogP contribution < -0.4 is 4.90 Å². The third kappa shape index (κ3) is 2.98. The van der Waals surface area contributed by atoms with E-state index in [1.54, 1.807) is 18.2 Å². The Balaban J connectivity index is 2.26. The van der Waals surface area contributed by atoms with Gasteiger partial charge < -0.3 is 9.80 Å². The molecule has 6 heteroatoms. The Bertz CT molecular complexity index is 473. The summed E-state index contributed by atoms with van der Waals surface area (Å²) in [6, 6.07) is 5.41. The number of hydrogen-bond acceptors (Lipinski definition) is 4. The zero-order valence-electron chi connectivity index (χ0n) is 11.2. The minimum atomic E-state index is -0.400. The normalized spacial score (nSPS) is 17.4. The van der Waals surface area contributed by atoms with Gasteiger partial charge in [0.15, 0.2) is 0 Å². The molecular formula is C13H18ClN3O2. The monoisotopic (exact) mass is 283 g/mol. The summed E-state index contributed by atoms with van der Waals surface area (Å²) in [6.45, 7) is 2.03. The minimum absolute atomic E-state index is 0.00518. The van der Waals surface area contributed by atoms with Gasteiger partial charge in [-0.25, -0.2) is 0 Å². The first-order chi connectivity index (χ1) is 9.00. The molecule has 0 saturated carbocycles. The van der Waals surface area contributed by atoms with Gasteiger partial charge in [0, 0.05) is 13.1 Å². The first-order valence-corrected chi connectivity index (χ1v) is 6.72. The van der Waals surface area contributed by atoms with Crippen molar-refractivity contribution in [2.45, 2.75) is 18.9 Å². The van der Waals surface area contributed by atoms with Gasteiger partial charge in [-0.2, -0.15) is 0 Å². The molecule has 0 amide bonds. The number of piperidine rings is 1. The first kappa shape index (κ1) is 14.1. The molecule has 0 N–H and O–H groups in total. The molecule has 0 spiro atoms. The second kappa shape index (κ2) is 5.75. The van der Waals surface area contributed by atoms with Gasteiger partial charge in [0.05, 0.1) is 4.92 Å². The molecule has 1 aliphatic heterocycles. The van der Waals surface area contributed by atoms with Crippen molar-refractivity contribution in [2.75, 3.05) is 32.1 Å². The lowest BCUT2D eigenvalue weighted by Crippen LogP contribution is -2.42. The van der Waals surface area contributed by atoms with Crippen molar-refractivity contribution in [3.63, 3.8) is 0 Å². The minimum Gasteiger partial charge on any atom is -0.366 e. The first-order valence-electron chi connectivity index (χ1n) is 6.35. The Morgan fingerprint density at radius 1 is 1.42 bits per heavy atom. The van der Waals surface area contributed by atoms with E-state index in [1.165, 1.54) is 0 Å². The molecule has 1 fully saturated rings. The molecule has 0 atom stereocenters. The number of nitrogens with zero attached hydrogens (tertiary/aromatic N) is 3. The topological polar surface area (TPSA) is 49.6 Å². The van der Waals surface area contributed by atoms with Crippen LogP contribution in [-0.4, -0.2) is 43.0 Å². The Morgan fingerprint density at radius 2 is 2.05 bits per heavy atom. The second-order valence-electron chi connectivity index (χ2n) is 5.01. The molecule has 1 aromatic carbocycles. The summed E-state index contributed by atoms with van der Waals surface area (Å²) in [7, 11) is 4.01. The van der Waals surface area contributed by atoms with E-state index < -0.39 is 4.92 Å². The highest BCUT2D eigenvalue weighted by Crippen LogP contribution is 2.36. The molecule has 0 aliphatic carbocycles. The molecule has 1 aliphatic rings. The van der Waals surface area contributed by atoms with E-state index >= 15 is 0 Å². The van der Waals surface area contributed by atoms with Crippen LogP contribution in [0.25, 0.3) is 0 Å². The van der Waals surface area contributed by atoms with Gasteiger partial charge in [0.25, 0.3) is 0 Å².